The van der Waals surface area contributed by atoms with Crippen molar-refractivity contribution in [2.45, 2.75) is 32.2 Å². The van der Waals surface area contributed by atoms with Gasteiger partial charge >= 0.3 is 0 Å². The summed E-state index contributed by atoms with van der Waals surface area (Å²) < 4.78 is 1.43. The number of fused-ring (bicyclic) bond motifs is 1. The summed E-state index contributed by atoms with van der Waals surface area (Å²) in [4.78, 5) is 1.58. The van der Waals surface area contributed by atoms with Crippen molar-refractivity contribution in [1.29, 1.82) is 0 Å². The standard InChI is InChI=1S/C15H19NS/c1-3-16-13-9-12(10(13)2)15-8-11-6-4-5-7-14(11)17-15/h4-8,10,12-13,16H,3,9H2,1-2H3. The molecule has 1 heterocycles. The molecule has 1 aliphatic rings. The van der Waals surface area contributed by atoms with Crippen LogP contribution in [0.2, 0.25) is 0 Å². The minimum Gasteiger partial charge on any atom is -0.314 e. The zero-order valence-corrected chi connectivity index (χ0v) is 11.3. The summed E-state index contributed by atoms with van der Waals surface area (Å²) >= 11 is 1.98. The van der Waals surface area contributed by atoms with Crippen LogP contribution in [0.25, 0.3) is 10.1 Å². The summed E-state index contributed by atoms with van der Waals surface area (Å²) in [6.45, 7) is 5.67. The molecule has 2 heteroatoms. The maximum Gasteiger partial charge on any atom is 0.0345 e. The summed E-state index contributed by atoms with van der Waals surface area (Å²) in [5.41, 5.74) is 0. The molecule has 0 saturated heterocycles. The number of nitrogens with one attached hydrogen (secondary N) is 1. The number of hydrogen-bond donors (Lipinski definition) is 1. The second-order valence-electron chi connectivity index (χ2n) is 5.05. The molecule has 3 rings (SSSR count). The number of thiophene rings is 1. The molecule has 0 amide bonds. The van der Waals surface area contributed by atoms with E-state index in [1.807, 2.05) is 11.3 Å². The second-order valence-corrected chi connectivity index (χ2v) is 6.17. The van der Waals surface area contributed by atoms with E-state index in [9.17, 15) is 0 Å². The zero-order valence-electron chi connectivity index (χ0n) is 10.4. The molecule has 0 bridgehead atoms. The van der Waals surface area contributed by atoms with Crippen molar-refractivity contribution in [2.75, 3.05) is 6.54 Å². The Labute approximate surface area is 107 Å². The normalized spacial score (nSPS) is 28.2. The molecule has 3 atom stereocenters. The van der Waals surface area contributed by atoms with E-state index >= 15 is 0 Å². The maximum atomic E-state index is 3.57. The first-order valence-electron chi connectivity index (χ1n) is 6.51. The van der Waals surface area contributed by atoms with Crippen molar-refractivity contribution >= 4 is 21.4 Å². The van der Waals surface area contributed by atoms with E-state index in [-0.39, 0.29) is 0 Å². The van der Waals surface area contributed by atoms with E-state index < -0.39 is 0 Å². The average molecular weight is 245 g/mol. The Hall–Kier alpha value is -0.860. The molecule has 1 aromatic heterocycles. The predicted octanol–water partition coefficient (Wildman–Crippen LogP) is 4.00. The predicted molar refractivity (Wildman–Crippen MR) is 75.8 cm³/mol. The summed E-state index contributed by atoms with van der Waals surface area (Å²) in [6.07, 6.45) is 1.31. The SMILES string of the molecule is CCNC1CC(c2cc3ccccc3s2)C1C. The van der Waals surface area contributed by atoms with Crippen molar-refractivity contribution in [3.05, 3.63) is 35.2 Å². The van der Waals surface area contributed by atoms with Crippen LogP contribution in [0.5, 0.6) is 0 Å². The molecular weight excluding hydrogens is 226 g/mol. The topological polar surface area (TPSA) is 12.0 Å². The van der Waals surface area contributed by atoms with Crippen LogP contribution in [0.4, 0.5) is 0 Å². The van der Waals surface area contributed by atoms with E-state index in [0.29, 0.717) is 0 Å². The van der Waals surface area contributed by atoms with Gasteiger partial charge in [-0.15, -0.1) is 11.3 Å². The summed E-state index contributed by atoms with van der Waals surface area (Å²) in [7, 11) is 0. The third kappa shape index (κ3) is 1.90. The Morgan fingerprint density at radius 3 is 2.88 bits per heavy atom. The lowest BCUT2D eigenvalue weighted by molar-refractivity contribution is 0.190. The molecule has 1 aliphatic carbocycles. The monoisotopic (exact) mass is 245 g/mol. The van der Waals surface area contributed by atoms with Crippen molar-refractivity contribution in [1.82, 2.24) is 5.32 Å². The molecule has 17 heavy (non-hydrogen) atoms. The van der Waals surface area contributed by atoms with E-state index in [0.717, 1.165) is 24.4 Å². The molecule has 1 N–H and O–H groups in total. The molecular formula is C15H19NS. The summed E-state index contributed by atoms with van der Waals surface area (Å²) in [5.74, 6) is 1.56. The quantitative estimate of drug-likeness (QED) is 0.861. The maximum absolute atomic E-state index is 3.57. The Kier molecular flexibility index (Phi) is 2.93. The lowest BCUT2D eigenvalue weighted by atomic mass is 9.69. The van der Waals surface area contributed by atoms with Crippen molar-refractivity contribution in [2.24, 2.45) is 5.92 Å². The van der Waals surface area contributed by atoms with Crippen LogP contribution in [0.15, 0.2) is 30.3 Å². The molecule has 0 spiro atoms. The fourth-order valence-electron chi connectivity index (χ4n) is 2.88. The van der Waals surface area contributed by atoms with Gasteiger partial charge in [0.1, 0.15) is 0 Å². The van der Waals surface area contributed by atoms with E-state index in [1.165, 1.54) is 16.5 Å². The van der Waals surface area contributed by atoms with Crippen molar-refractivity contribution < 1.29 is 0 Å². The average Bonchev–Trinajstić information content (AvgIpc) is 2.76. The van der Waals surface area contributed by atoms with Gasteiger partial charge in [-0.05, 0) is 42.3 Å². The van der Waals surface area contributed by atoms with Gasteiger partial charge in [0, 0.05) is 15.6 Å². The van der Waals surface area contributed by atoms with Gasteiger partial charge in [-0.2, -0.15) is 0 Å². The Morgan fingerprint density at radius 2 is 2.18 bits per heavy atom. The van der Waals surface area contributed by atoms with Gasteiger partial charge in [0.15, 0.2) is 0 Å². The molecule has 1 nitrogen and oxygen atoms in total. The molecule has 3 unspecified atom stereocenters. The Morgan fingerprint density at radius 1 is 1.35 bits per heavy atom. The van der Waals surface area contributed by atoms with Crippen molar-refractivity contribution in [3.8, 4) is 0 Å². The lowest BCUT2D eigenvalue weighted by Crippen LogP contribution is -2.47. The number of hydrogen-bond acceptors (Lipinski definition) is 2. The van der Waals surface area contributed by atoms with Gasteiger partial charge in [-0.25, -0.2) is 0 Å². The minimum atomic E-state index is 0.732. The molecule has 90 valence electrons. The first kappa shape index (κ1) is 11.2. The van der Waals surface area contributed by atoms with Gasteiger partial charge in [-0.3, -0.25) is 0 Å². The van der Waals surface area contributed by atoms with Crippen LogP contribution in [0.1, 0.15) is 31.1 Å². The highest BCUT2D eigenvalue weighted by Gasteiger charge is 2.38. The fraction of sp³-hybridized carbons (Fsp3) is 0.467. The Balaban J connectivity index is 1.81. The van der Waals surface area contributed by atoms with Gasteiger partial charge in [0.05, 0.1) is 0 Å². The lowest BCUT2D eigenvalue weighted by Gasteiger charge is -2.42. The zero-order chi connectivity index (χ0) is 11.8. The van der Waals surface area contributed by atoms with Gasteiger partial charge in [0.25, 0.3) is 0 Å². The van der Waals surface area contributed by atoms with Gasteiger partial charge < -0.3 is 5.32 Å². The van der Waals surface area contributed by atoms with Gasteiger partial charge in [-0.1, -0.05) is 32.0 Å². The summed E-state index contributed by atoms with van der Waals surface area (Å²) in [6, 6.07) is 11.8. The van der Waals surface area contributed by atoms with E-state index in [2.05, 4.69) is 49.5 Å². The molecule has 1 aromatic carbocycles. The van der Waals surface area contributed by atoms with Crippen molar-refractivity contribution in [3.63, 3.8) is 0 Å². The largest absolute Gasteiger partial charge is 0.314 e. The first-order chi connectivity index (χ1) is 8.29. The molecule has 0 radical (unpaired) electrons. The number of benzene rings is 1. The fourth-order valence-corrected chi connectivity index (χ4v) is 4.17. The minimum absolute atomic E-state index is 0.732. The van der Waals surface area contributed by atoms with E-state index in [4.69, 9.17) is 0 Å². The smallest absolute Gasteiger partial charge is 0.0345 e. The summed E-state index contributed by atoms with van der Waals surface area (Å²) in [5, 5.41) is 4.98. The molecule has 1 fully saturated rings. The van der Waals surface area contributed by atoms with Crippen LogP contribution < -0.4 is 5.32 Å². The van der Waals surface area contributed by atoms with Crippen LogP contribution in [0, 0.1) is 5.92 Å². The first-order valence-corrected chi connectivity index (χ1v) is 7.33. The van der Waals surface area contributed by atoms with Crippen LogP contribution in [-0.2, 0) is 0 Å². The third-order valence-corrected chi connectivity index (χ3v) is 5.30. The molecule has 2 aromatic rings. The molecule has 1 saturated carbocycles. The van der Waals surface area contributed by atoms with Crippen LogP contribution in [0.3, 0.4) is 0 Å². The second kappa shape index (κ2) is 4.43. The molecule has 0 aliphatic heterocycles. The van der Waals surface area contributed by atoms with Crippen LogP contribution in [-0.4, -0.2) is 12.6 Å². The number of rotatable bonds is 3. The van der Waals surface area contributed by atoms with Gasteiger partial charge in [0.2, 0.25) is 0 Å². The highest BCUT2D eigenvalue weighted by molar-refractivity contribution is 7.19. The highest BCUT2D eigenvalue weighted by atomic mass is 32.1. The van der Waals surface area contributed by atoms with Crippen LogP contribution >= 0.6 is 11.3 Å². The van der Waals surface area contributed by atoms with E-state index in [1.54, 1.807) is 4.88 Å². The third-order valence-electron chi connectivity index (χ3n) is 4.05. The highest BCUT2D eigenvalue weighted by Crippen LogP contribution is 2.46. The Bertz CT molecular complexity index is 483.